The van der Waals surface area contributed by atoms with E-state index in [0.717, 1.165) is 6.40 Å². The van der Waals surface area contributed by atoms with Crippen LogP contribution in [-0.4, -0.2) is 23.9 Å². The summed E-state index contributed by atoms with van der Waals surface area (Å²) in [6.45, 7) is 0.194. The Balaban J connectivity index is 0.000000120. The van der Waals surface area contributed by atoms with Crippen LogP contribution in [0.5, 0.6) is 0 Å². The summed E-state index contributed by atoms with van der Waals surface area (Å²) in [6.07, 6.45) is 3.88. The van der Waals surface area contributed by atoms with Crippen LogP contribution < -0.4 is 5.76 Å². The third-order valence-electron chi connectivity index (χ3n) is 0.923. The molecule has 6 nitrogen and oxygen atoms in total. The SMILES string of the molecule is O=C1CN=CO1.O=c1[nH]cco1. The van der Waals surface area contributed by atoms with E-state index in [1.807, 2.05) is 0 Å². The first-order valence-corrected chi connectivity index (χ1v) is 3.09. The number of carbonyl (C=O) groups excluding carboxylic acids is 1. The Hall–Kier alpha value is -1.85. The Labute approximate surface area is 66.9 Å². The number of aliphatic imine (C=N–C) groups is 1. The maximum Gasteiger partial charge on any atom is 0.416 e. The molecule has 0 fully saturated rings. The Morgan fingerprint density at radius 1 is 1.50 bits per heavy atom. The fourth-order valence-electron chi connectivity index (χ4n) is 0.477. The zero-order valence-corrected chi connectivity index (χ0v) is 6.02. The lowest BCUT2D eigenvalue weighted by Crippen LogP contribution is -1.95. The molecule has 0 unspecified atom stereocenters. The molecule has 0 aliphatic carbocycles. The van der Waals surface area contributed by atoms with E-state index in [4.69, 9.17) is 0 Å². The van der Waals surface area contributed by atoms with Gasteiger partial charge in [-0.2, -0.15) is 0 Å². The number of nitrogens with zero attached hydrogens (tertiary/aromatic N) is 1. The highest BCUT2D eigenvalue weighted by Crippen LogP contribution is 1.83. The van der Waals surface area contributed by atoms with Crippen molar-refractivity contribution in [2.24, 2.45) is 4.99 Å². The standard InChI is InChI=1S/2C3H3NO2/c5-3-1-4-2-6-3;5-3-4-1-2-6-3/h2H,1H2;1-2H,(H,4,5). The smallest absolute Gasteiger partial charge is 0.416 e. The third kappa shape index (κ3) is 2.82. The van der Waals surface area contributed by atoms with Gasteiger partial charge in [0.1, 0.15) is 12.8 Å². The summed E-state index contributed by atoms with van der Waals surface area (Å²) in [5, 5.41) is 0. The van der Waals surface area contributed by atoms with Crippen LogP contribution in [0.2, 0.25) is 0 Å². The maximum absolute atomic E-state index is 9.90. The fourth-order valence-corrected chi connectivity index (χ4v) is 0.477. The highest BCUT2D eigenvalue weighted by molar-refractivity contribution is 5.84. The lowest BCUT2D eigenvalue weighted by atomic mass is 10.7. The average Bonchev–Trinajstić information content (AvgIpc) is 2.63. The number of carbonyl (C=O) groups is 1. The second-order valence-electron chi connectivity index (χ2n) is 1.79. The number of ether oxygens (including phenoxy) is 1. The van der Waals surface area contributed by atoms with Crippen LogP contribution in [0, 0.1) is 0 Å². The van der Waals surface area contributed by atoms with E-state index in [1.165, 1.54) is 12.5 Å². The van der Waals surface area contributed by atoms with Gasteiger partial charge in [0.05, 0.1) is 0 Å². The van der Waals surface area contributed by atoms with Gasteiger partial charge in [-0.15, -0.1) is 0 Å². The van der Waals surface area contributed by atoms with E-state index >= 15 is 0 Å². The Morgan fingerprint density at radius 2 is 2.33 bits per heavy atom. The average molecular weight is 170 g/mol. The number of aromatic nitrogens is 1. The van der Waals surface area contributed by atoms with Crippen molar-refractivity contribution in [2.75, 3.05) is 6.54 Å². The van der Waals surface area contributed by atoms with Crippen LogP contribution in [0.3, 0.4) is 0 Å². The predicted molar refractivity (Wildman–Crippen MR) is 38.8 cm³/mol. The summed E-state index contributed by atoms with van der Waals surface area (Å²) in [7, 11) is 0. The third-order valence-corrected chi connectivity index (χ3v) is 0.923. The molecule has 1 aliphatic rings. The van der Waals surface area contributed by atoms with Crippen molar-refractivity contribution in [3.05, 3.63) is 23.0 Å². The van der Waals surface area contributed by atoms with E-state index in [0.29, 0.717) is 0 Å². The number of nitrogens with one attached hydrogen (secondary N) is 1. The van der Waals surface area contributed by atoms with E-state index in [-0.39, 0.29) is 12.5 Å². The minimum atomic E-state index is -0.407. The summed E-state index contributed by atoms with van der Waals surface area (Å²) in [5.74, 6) is -0.676. The van der Waals surface area contributed by atoms with Crippen molar-refractivity contribution < 1.29 is 13.9 Å². The van der Waals surface area contributed by atoms with Gasteiger partial charge in [-0.05, 0) is 0 Å². The molecule has 0 aromatic carbocycles. The van der Waals surface area contributed by atoms with Crippen molar-refractivity contribution in [3.8, 4) is 0 Å². The molecule has 1 aliphatic heterocycles. The highest BCUT2D eigenvalue weighted by atomic mass is 16.5. The molecule has 1 aromatic heterocycles. The molecule has 0 spiro atoms. The van der Waals surface area contributed by atoms with E-state index in [9.17, 15) is 9.59 Å². The molecule has 0 saturated heterocycles. The Kier molecular flexibility index (Phi) is 2.83. The van der Waals surface area contributed by atoms with Crippen LogP contribution in [-0.2, 0) is 9.53 Å². The maximum atomic E-state index is 9.90. The lowest BCUT2D eigenvalue weighted by molar-refractivity contribution is -0.131. The molecule has 0 saturated carbocycles. The van der Waals surface area contributed by atoms with Crippen molar-refractivity contribution >= 4 is 12.4 Å². The normalized spacial score (nSPS) is 13.5. The molecule has 2 rings (SSSR count). The first kappa shape index (κ1) is 8.25. The van der Waals surface area contributed by atoms with Crippen molar-refractivity contribution in [1.29, 1.82) is 0 Å². The van der Waals surface area contributed by atoms with Gasteiger partial charge >= 0.3 is 11.7 Å². The number of aromatic amines is 1. The second-order valence-corrected chi connectivity index (χ2v) is 1.79. The highest BCUT2D eigenvalue weighted by Gasteiger charge is 2.02. The molecule has 2 heterocycles. The molecular formula is C6H6N2O4. The minimum absolute atomic E-state index is 0.194. The number of hydrogen-bond donors (Lipinski definition) is 1. The zero-order chi connectivity index (χ0) is 8.81. The number of esters is 1. The molecule has 1 aromatic rings. The molecule has 0 atom stereocenters. The number of cyclic esters (lactones) is 1. The Bertz CT molecular complexity index is 298. The van der Waals surface area contributed by atoms with Crippen LogP contribution in [0.1, 0.15) is 0 Å². The van der Waals surface area contributed by atoms with Crippen LogP contribution in [0.4, 0.5) is 0 Å². The van der Waals surface area contributed by atoms with Crippen LogP contribution >= 0.6 is 0 Å². The number of H-pyrrole nitrogens is 1. The second kappa shape index (κ2) is 4.12. The zero-order valence-electron chi connectivity index (χ0n) is 6.02. The monoisotopic (exact) mass is 170 g/mol. The molecule has 0 bridgehead atoms. The Morgan fingerprint density at radius 3 is 2.50 bits per heavy atom. The van der Waals surface area contributed by atoms with Crippen molar-refractivity contribution in [1.82, 2.24) is 4.98 Å². The van der Waals surface area contributed by atoms with Gasteiger partial charge < -0.3 is 9.15 Å². The van der Waals surface area contributed by atoms with Gasteiger partial charge in [0.25, 0.3) is 0 Å². The molecular weight excluding hydrogens is 164 g/mol. The van der Waals surface area contributed by atoms with Gasteiger partial charge in [-0.25, -0.2) is 14.6 Å². The molecule has 12 heavy (non-hydrogen) atoms. The predicted octanol–water partition coefficient (Wildman–Crippen LogP) is -0.461. The van der Waals surface area contributed by atoms with Gasteiger partial charge in [0.2, 0.25) is 0 Å². The fraction of sp³-hybridized carbons (Fsp3) is 0.167. The summed E-state index contributed by atoms with van der Waals surface area (Å²) in [5.41, 5.74) is 0. The summed E-state index contributed by atoms with van der Waals surface area (Å²) in [4.78, 5) is 25.5. The van der Waals surface area contributed by atoms with Gasteiger partial charge in [-0.3, -0.25) is 4.98 Å². The van der Waals surface area contributed by atoms with E-state index in [1.54, 1.807) is 0 Å². The van der Waals surface area contributed by atoms with Crippen LogP contribution in [0.15, 0.2) is 26.7 Å². The van der Waals surface area contributed by atoms with Gasteiger partial charge in [-0.1, -0.05) is 0 Å². The summed E-state index contributed by atoms with van der Waals surface area (Å²) >= 11 is 0. The van der Waals surface area contributed by atoms with Crippen molar-refractivity contribution in [3.63, 3.8) is 0 Å². The number of oxazole rings is 1. The molecule has 0 amide bonds. The first-order valence-electron chi connectivity index (χ1n) is 3.09. The minimum Gasteiger partial charge on any atom is -0.417 e. The van der Waals surface area contributed by atoms with E-state index < -0.39 is 5.76 Å². The van der Waals surface area contributed by atoms with Gasteiger partial charge in [0.15, 0.2) is 6.40 Å². The summed E-state index contributed by atoms with van der Waals surface area (Å²) < 4.78 is 8.44. The first-order chi connectivity index (χ1) is 5.79. The largest absolute Gasteiger partial charge is 0.417 e. The topological polar surface area (TPSA) is 84.7 Å². The van der Waals surface area contributed by atoms with Gasteiger partial charge in [0, 0.05) is 6.20 Å². The molecule has 0 radical (unpaired) electrons. The van der Waals surface area contributed by atoms with E-state index in [2.05, 4.69) is 19.1 Å². The number of hydrogen-bond acceptors (Lipinski definition) is 5. The quantitative estimate of drug-likeness (QED) is 0.534. The molecule has 6 heteroatoms. The lowest BCUT2D eigenvalue weighted by Gasteiger charge is -1.75. The van der Waals surface area contributed by atoms with Crippen LogP contribution in [0.25, 0.3) is 0 Å². The number of rotatable bonds is 0. The molecule has 64 valence electrons. The molecule has 1 N–H and O–H groups in total. The summed E-state index contributed by atoms with van der Waals surface area (Å²) in [6, 6.07) is 0. The van der Waals surface area contributed by atoms with Crippen molar-refractivity contribution in [2.45, 2.75) is 0 Å².